The molecular formula is C23H20ClFN2O4S. The van der Waals surface area contributed by atoms with Crippen LogP contribution in [0.25, 0.3) is 11.1 Å². The van der Waals surface area contributed by atoms with Crippen LogP contribution >= 0.6 is 10.7 Å². The third-order valence-electron chi connectivity index (χ3n) is 5.50. The summed E-state index contributed by atoms with van der Waals surface area (Å²) in [6.07, 6.45) is 0. The Morgan fingerprint density at radius 3 is 2.44 bits per heavy atom. The van der Waals surface area contributed by atoms with E-state index in [-0.39, 0.29) is 23.0 Å². The van der Waals surface area contributed by atoms with Gasteiger partial charge in [-0.05, 0) is 54.8 Å². The Bertz CT molecular complexity index is 1360. The van der Waals surface area contributed by atoms with Gasteiger partial charge < -0.3 is 10.1 Å². The molecule has 1 amide bonds. The van der Waals surface area contributed by atoms with Crippen molar-refractivity contribution in [2.45, 2.75) is 18.7 Å². The molecule has 0 atom stereocenters. The van der Waals surface area contributed by atoms with Gasteiger partial charge >= 0.3 is 0 Å². The molecule has 0 unspecified atom stereocenters. The third-order valence-corrected chi connectivity index (χ3v) is 6.85. The quantitative estimate of drug-likeness (QED) is 0.530. The van der Waals surface area contributed by atoms with E-state index in [9.17, 15) is 13.2 Å². The molecule has 0 saturated carbocycles. The van der Waals surface area contributed by atoms with E-state index >= 15 is 4.39 Å². The van der Waals surface area contributed by atoms with Gasteiger partial charge in [0.05, 0.1) is 35.6 Å². The summed E-state index contributed by atoms with van der Waals surface area (Å²) in [7, 11) is 2.93. The van der Waals surface area contributed by atoms with Crippen LogP contribution in [0.15, 0.2) is 53.4 Å². The van der Waals surface area contributed by atoms with E-state index in [2.05, 4.69) is 5.32 Å². The summed E-state index contributed by atoms with van der Waals surface area (Å²) < 4.78 is 44.1. The molecule has 6 nitrogen and oxygen atoms in total. The number of hydrogen-bond donors (Lipinski definition) is 1. The van der Waals surface area contributed by atoms with Crippen LogP contribution in [0.2, 0.25) is 0 Å². The number of hydrogen-bond acceptors (Lipinski definition) is 5. The number of carbonyl (C=O) groups is 1. The lowest BCUT2D eigenvalue weighted by Gasteiger charge is -2.31. The van der Waals surface area contributed by atoms with Crippen molar-refractivity contribution in [3.05, 3.63) is 65.5 Å². The highest BCUT2D eigenvalue weighted by Gasteiger charge is 2.30. The van der Waals surface area contributed by atoms with Crippen molar-refractivity contribution < 1.29 is 22.3 Å². The fourth-order valence-corrected chi connectivity index (χ4v) is 4.44. The molecule has 1 N–H and O–H groups in total. The van der Waals surface area contributed by atoms with Crippen LogP contribution in [-0.2, 0) is 13.8 Å². The highest BCUT2D eigenvalue weighted by molar-refractivity contribution is 8.13. The number of aryl methyl sites for hydroxylation is 2. The van der Waals surface area contributed by atoms with E-state index < -0.39 is 14.9 Å². The molecule has 4 rings (SSSR count). The molecule has 0 spiro atoms. The molecule has 3 aromatic carbocycles. The summed E-state index contributed by atoms with van der Waals surface area (Å²) in [6.45, 7) is 3.82. The molecule has 9 heteroatoms. The zero-order valence-corrected chi connectivity index (χ0v) is 19.1. The van der Waals surface area contributed by atoms with Gasteiger partial charge in [-0.2, -0.15) is 0 Å². The topological polar surface area (TPSA) is 75.7 Å². The molecule has 0 aliphatic carbocycles. The van der Waals surface area contributed by atoms with Gasteiger partial charge in [-0.3, -0.25) is 9.69 Å². The van der Waals surface area contributed by atoms with Crippen molar-refractivity contribution >= 4 is 42.7 Å². The molecule has 0 aromatic heterocycles. The summed E-state index contributed by atoms with van der Waals surface area (Å²) in [5, 5.41) is 2.88. The van der Waals surface area contributed by atoms with Crippen molar-refractivity contribution in [2.75, 3.05) is 23.9 Å². The molecule has 166 valence electrons. The Labute approximate surface area is 190 Å². The Morgan fingerprint density at radius 2 is 1.78 bits per heavy atom. The first-order chi connectivity index (χ1) is 15.1. The minimum atomic E-state index is -3.95. The van der Waals surface area contributed by atoms with Crippen LogP contribution in [0.1, 0.15) is 11.1 Å². The predicted octanol–water partition coefficient (Wildman–Crippen LogP) is 5.14. The minimum Gasteiger partial charge on any atom is -0.495 e. The highest BCUT2D eigenvalue weighted by atomic mass is 35.7. The van der Waals surface area contributed by atoms with Gasteiger partial charge in [0.25, 0.3) is 15.0 Å². The van der Waals surface area contributed by atoms with Crippen LogP contribution in [-0.4, -0.2) is 28.0 Å². The van der Waals surface area contributed by atoms with Crippen LogP contribution in [0.3, 0.4) is 0 Å². The fraction of sp³-hybridized carbons (Fsp3) is 0.174. The lowest BCUT2D eigenvalue weighted by Crippen LogP contribution is -2.36. The smallest absolute Gasteiger partial charge is 0.261 e. The number of amides is 1. The first kappa shape index (κ1) is 22.1. The largest absolute Gasteiger partial charge is 0.495 e. The van der Waals surface area contributed by atoms with Crippen LogP contribution < -0.4 is 15.0 Å². The summed E-state index contributed by atoms with van der Waals surface area (Å²) in [4.78, 5) is 14.0. The summed E-state index contributed by atoms with van der Waals surface area (Å²) in [5.41, 5.74) is 4.13. The average Bonchev–Trinajstić information content (AvgIpc) is 2.74. The van der Waals surface area contributed by atoms with E-state index in [0.717, 1.165) is 11.1 Å². The van der Waals surface area contributed by atoms with Crippen molar-refractivity contribution in [3.8, 4) is 16.9 Å². The second kappa shape index (κ2) is 8.11. The Morgan fingerprint density at radius 1 is 1.03 bits per heavy atom. The number of methoxy groups -OCH3 is 1. The monoisotopic (exact) mass is 474 g/mol. The SMILES string of the molecule is COc1cc(-c2ccc(C)c(C)c2)c(F)cc1N1C(=O)CNc2cc(S(=O)(=O)Cl)ccc21. The van der Waals surface area contributed by atoms with Gasteiger partial charge in [0.1, 0.15) is 11.6 Å². The van der Waals surface area contributed by atoms with Crippen molar-refractivity contribution in [1.82, 2.24) is 0 Å². The molecule has 0 fully saturated rings. The van der Waals surface area contributed by atoms with Gasteiger partial charge in [-0.25, -0.2) is 12.8 Å². The van der Waals surface area contributed by atoms with Crippen molar-refractivity contribution in [3.63, 3.8) is 0 Å². The molecule has 0 saturated heterocycles. The van der Waals surface area contributed by atoms with Gasteiger partial charge in [0.15, 0.2) is 0 Å². The molecule has 0 radical (unpaired) electrons. The molecule has 1 heterocycles. The molecule has 3 aromatic rings. The second-order valence-corrected chi connectivity index (χ2v) is 10.1. The van der Waals surface area contributed by atoms with E-state index in [4.69, 9.17) is 15.4 Å². The summed E-state index contributed by atoms with van der Waals surface area (Å²) in [5.74, 6) is -0.567. The molecule has 1 aliphatic heterocycles. The Hall–Kier alpha value is -3.10. The van der Waals surface area contributed by atoms with Gasteiger partial charge in [-0.1, -0.05) is 18.2 Å². The van der Waals surface area contributed by atoms with Crippen LogP contribution in [0, 0.1) is 19.7 Å². The average molecular weight is 475 g/mol. The number of ether oxygens (including phenoxy) is 1. The van der Waals surface area contributed by atoms with E-state index in [0.29, 0.717) is 28.3 Å². The standard InChI is InChI=1S/C23H20ClFN2O4S/c1-13-4-5-15(8-14(13)2)17-10-22(31-3)21(11-18(17)25)27-20-7-6-16(32(24,29)30)9-19(20)26-12-23(27)28/h4-11,26H,12H2,1-3H3. The number of halogens is 2. The molecule has 1 aliphatic rings. The maximum atomic E-state index is 15.3. The van der Waals surface area contributed by atoms with E-state index in [1.54, 1.807) is 6.07 Å². The van der Waals surface area contributed by atoms with Gasteiger partial charge in [-0.15, -0.1) is 0 Å². The van der Waals surface area contributed by atoms with Gasteiger partial charge in [0, 0.05) is 22.3 Å². The first-order valence-electron chi connectivity index (χ1n) is 9.71. The lowest BCUT2D eigenvalue weighted by atomic mass is 9.99. The van der Waals surface area contributed by atoms with Gasteiger partial charge in [0.2, 0.25) is 0 Å². The molecule has 0 bridgehead atoms. The predicted molar refractivity (Wildman–Crippen MR) is 123 cm³/mol. The maximum absolute atomic E-state index is 15.3. The Balaban J connectivity index is 1.86. The minimum absolute atomic E-state index is 0.108. The normalized spacial score (nSPS) is 13.5. The zero-order valence-electron chi connectivity index (χ0n) is 17.6. The first-order valence-corrected chi connectivity index (χ1v) is 12.0. The number of nitrogens with one attached hydrogen (secondary N) is 1. The fourth-order valence-electron chi connectivity index (χ4n) is 3.66. The number of carbonyl (C=O) groups excluding carboxylic acids is 1. The zero-order chi connectivity index (χ0) is 23.2. The Kier molecular flexibility index (Phi) is 5.60. The number of fused-ring (bicyclic) bond motifs is 1. The number of benzene rings is 3. The van der Waals surface area contributed by atoms with Crippen molar-refractivity contribution in [1.29, 1.82) is 0 Å². The summed E-state index contributed by atoms with van der Waals surface area (Å²) in [6, 6.07) is 12.5. The maximum Gasteiger partial charge on any atom is 0.261 e. The van der Waals surface area contributed by atoms with Crippen molar-refractivity contribution in [2.24, 2.45) is 0 Å². The van der Waals surface area contributed by atoms with E-state index in [1.165, 1.54) is 36.3 Å². The summed E-state index contributed by atoms with van der Waals surface area (Å²) >= 11 is 0. The van der Waals surface area contributed by atoms with E-state index in [1.807, 2.05) is 32.0 Å². The number of nitrogens with zero attached hydrogens (tertiary/aromatic N) is 1. The number of anilines is 3. The second-order valence-electron chi connectivity index (χ2n) is 7.50. The number of rotatable bonds is 4. The third kappa shape index (κ3) is 3.91. The van der Waals surface area contributed by atoms with Crippen LogP contribution in [0.4, 0.5) is 21.5 Å². The molecular weight excluding hydrogens is 455 g/mol. The molecule has 32 heavy (non-hydrogen) atoms. The van der Waals surface area contributed by atoms with Crippen LogP contribution in [0.5, 0.6) is 5.75 Å². The highest BCUT2D eigenvalue weighted by Crippen LogP contribution is 2.43. The lowest BCUT2D eigenvalue weighted by molar-refractivity contribution is -0.116.